The van der Waals surface area contributed by atoms with E-state index in [0.717, 1.165) is 6.20 Å². The molecular weight excluding hydrogens is 488 g/mol. The zero-order valence-corrected chi connectivity index (χ0v) is 20.0. The number of β-lactam (4-membered cyclic amide) rings is 1. The Morgan fingerprint density at radius 1 is 1.44 bits per heavy atom. The molecule has 0 radical (unpaired) electrons. The van der Waals surface area contributed by atoms with E-state index in [4.69, 9.17) is 5.14 Å². The van der Waals surface area contributed by atoms with Gasteiger partial charge in [-0.1, -0.05) is 6.92 Å². The number of carboxylic acids is 1. The fourth-order valence-electron chi connectivity index (χ4n) is 4.72. The number of imidazole rings is 1. The molecule has 0 saturated carbocycles. The second-order valence-electron chi connectivity index (χ2n) is 8.67. The van der Waals surface area contributed by atoms with Gasteiger partial charge in [0.15, 0.2) is 5.03 Å². The molecule has 0 unspecified atom stereocenters. The average Bonchev–Trinajstić information content (AvgIpc) is 3.44. The molecule has 3 aliphatic heterocycles. The van der Waals surface area contributed by atoms with E-state index >= 15 is 0 Å². The summed E-state index contributed by atoms with van der Waals surface area (Å²) < 4.78 is 22.6. The number of fused-ring (bicyclic) bond motifs is 1. The number of thioether (sulfide) groups is 1. The fourth-order valence-corrected chi connectivity index (χ4v) is 6.66. The van der Waals surface area contributed by atoms with E-state index in [-0.39, 0.29) is 52.1 Å². The first-order valence-corrected chi connectivity index (χ1v) is 13.1. The topological polar surface area (TPSA) is 208 Å². The summed E-state index contributed by atoms with van der Waals surface area (Å²) in [4.78, 5) is 45.2. The standard InChI is InChI=1S/C19H26N6O7S2/c1-7-14-13(8(2)26)18(28)25(14)15(19(29)30)16(7)33-9-3-10(21-4-9)17(27)23-5-11-22-6-12(24-11)34(20,31)32/h6-10,13-14,21,26H,3-5H2,1-2H3,(H,22,24)(H,23,27)(H,29,30)(H2,20,31,32)/t7-,8-,9+,10+,13-,14-/m1/s1. The molecule has 186 valence electrons. The second-order valence-corrected chi connectivity index (χ2v) is 11.5. The van der Waals surface area contributed by atoms with E-state index in [1.807, 2.05) is 6.92 Å². The van der Waals surface area contributed by atoms with Crippen LogP contribution in [0.25, 0.3) is 0 Å². The predicted octanol–water partition coefficient (Wildman–Crippen LogP) is -1.71. The Morgan fingerprint density at radius 2 is 2.15 bits per heavy atom. The molecule has 0 aliphatic carbocycles. The van der Waals surface area contributed by atoms with Crippen LogP contribution in [0.4, 0.5) is 0 Å². The molecular formula is C19H26N6O7S2. The van der Waals surface area contributed by atoms with Crippen LogP contribution in [-0.4, -0.2) is 81.3 Å². The van der Waals surface area contributed by atoms with Crippen LogP contribution in [0.5, 0.6) is 0 Å². The van der Waals surface area contributed by atoms with Crippen molar-refractivity contribution < 1.29 is 33.0 Å². The Morgan fingerprint density at radius 3 is 2.74 bits per heavy atom. The van der Waals surface area contributed by atoms with E-state index in [1.165, 1.54) is 23.6 Å². The molecule has 4 heterocycles. The van der Waals surface area contributed by atoms with Gasteiger partial charge in [0.2, 0.25) is 11.8 Å². The zero-order valence-electron chi connectivity index (χ0n) is 18.4. The predicted molar refractivity (Wildman–Crippen MR) is 119 cm³/mol. The van der Waals surface area contributed by atoms with Gasteiger partial charge in [0.05, 0.1) is 36.8 Å². The summed E-state index contributed by atoms with van der Waals surface area (Å²) in [5.74, 6) is -2.51. The van der Waals surface area contributed by atoms with Gasteiger partial charge in [-0.15, -0.1) is 11.8 Å². The van der Waals surface area contributed by atoms with Gasteiger partial charge in [-0.2, -0.15) is 0 Å². The number of aliphatic carboxylic acids is 1. The number of H-pyrrole nitrogens is 1. The maximum atomic E-state index is 12.6. The Bertz CT molecular complexity index is 1160. The van der Waals surface area contributed by atoms with Crippen LogP contribution in [0.1, 0.15) is 26.1 Å². The molecule has 34 heavy (non-hydrogen) atoms. The van der Waals surface area contributed by atoms with Crippen molar-refractivity contribution >= 4 is 39.6 Å². The summed E-state index contributed by atoms with van der Waals surface area (Å²) in [6.45, 7) is 3.82. The Hall–Kier alpha value is -2.46. The number of aliphatic hydroxyl groups excluding tert-OH is 1. The van der Waals surface area contributed by atoms with Gasteiger partial charge in [0, 0.05) is 22.6 Å². The Labute approximate surface area is 199 Å². The lowest BCUT2D eigenvalue weighted by Crippen LogP contribution is -2.63. The summed E-state index contributed by atoms with van der Waals surface area (Å²) in [5.41, 5.74) is -0.0409. The number of rotatable bonds is 8. The quantitative estimate of drug-likeness (QED) is 0.216. The Balaban J connectivity index is 1.37. The lowest BCUT2D eigenvalue weighted by Gasteiger charge is -2.46. The Kier molecular flexibility index (Phi) is 6.50. The van der Waals surface area contributed by atoms with Crippen LogP contribution in [0.2, 0.25) is 0 Å². The molecule has 0 spiro atoms. The highest BCUT2D eigenvalue weighted by molar-refractivity contribution is 8.03. The third-order valence-electron chi connectivity index (χ3n) is 6.35. The molecule has 13 nitrogen and oxygen atoms in total. The van der Waals surface area contributed by atoms with Crippen molar-refractivity contribution in [3.63, 3.8) is 0 Å². The summed E-state index contributed by atoms with van der Waals surface area (Å²) >= 11 is 1.35. The molecule has 4 rings (SSSR count). The lowest BCUT2D eigenvalue weighted by molar-refractivity contribution is -0.163. The van der Waals surface area contributed by atoms with E-state index < -0.39 is 34.1 Å². The van der Waals surface area contributed by atoms with Crippen molar-refractivity contribution in [1.29, 1.82) is 0 Å². The number of carboxylic acid groups (broad SMARTS) is 1. The van der Waals surface area contributed by atoms with Crippen LogP contribution < -0.4 is 15.8 Å². The number of aromatic amines is 1. The number of nitrogens with two attached hydrogens (primary N) is 1. The van der Waals surface area contributed by atoms with Crippen LogP contribution in [-0.2, 0) is 31.0 Å². The number of hydrogen-bond acceptors (Lipinski definition) is 9. The molecule has 7 N–H and O–H groups in total. The van der Waals surface area contributed by atoms with Crippen LogP contribution in [0, 0.1) is 11.8 Å². The number of aromatic nitrogens is 2. The number of hydrogen-bond donors (Lipinski definition) is 6. The third-order valence-corrected chi connectivity index (χ3v) is 8.69. The van der Waals surface area contributed by atoms with Crippen molar-refractivity contribution in [3.05, 3.63) is 22.6 Å². The van der Waals surface area contributed by atoms with E-state index in [0.29, 0.717) is 17.9 Å². The number of carbonyl (C=O) groups excluding carboxylic acids is 2. The summed E-state index contributed by atoms with van der Waals surface area (Å²) in [6.07, 6.45) is 0.634. The SMILES string of the molecule is C[C@@H](O)[C@H]1C(=O)N2C(C(=O)O)=C(S[C@@H]3CN[C@H](C(=O)NCc4ncc(S(N)(=O)=O)[nH]4)C3)[C@H](C)[C@H]12. The van der Waals surface area contributed by atoms with E-state index in [1.54, 1.807) is 0 Å². The molecule has 3 aliphatic rings. The van der Waals surface area contributed by atoms with E-state index in [2.05, 4.69) is 20.6 Å². The average molecular weight is 515 g/mol. The molecule has 2 fully saturated rings. The molecule has 0 aromatic carbocycles. The van der Waals surface area contributed by atoms with Crippen molar-refractivity contribution in [3.8, 4) is 0 Å². The minimum Gasteiger partial charge on any atom is -0.477 e. The minimum absolute atomic E-state index is 0.0187. The molecule has 1 aromatic rings. The summed E-state index contributed by atoms with van der Waals surface area (Å²) in [5, 5.41) is 30.2. The first-order valence-electron chi connectivity index (χ1n) is 10.6. The van der Waals surface area contributed by atoms with Crippen molar-refractivity contribution in [2.75, 3.05) is 6.54 Å². The van der Waals surface area contributed by atoms with Gasteiger partial charge in [0.25, 0.3) is 10.0 Å². The van der Waals surface area contributed by atoms with Gasteiger partial charge < -0.3 is 30.7 Å². The molecule has 6 atom stereocenters. The number of nitrogens with one attached hydrogen (secondary N) is 3. The number of amides is 2. The highest BCUT2D eigenvalue weighted by Gasteiger charge is 2.60. The maximum Gasteiger partial charge on any atom is 0.353 e. The lowest BCUT2D eigenvalue weighted by atomic mass is 9.79. The van der Waals surface area contributed by atoms with Gasteiger partial charge in [0.1, 0.15) is 11.5 Å². The van der Waals surface area contributed by atoms with Gasteiger partial charge >= 0.3 is 5.97 Å². The number of primary sulfonamides is 1. The number of sulfonamides is 1. The second kappa shape index (κ2) is 8.96. The van der Waals surface area contributed by atoms with Crippen molar-refractivity contribution in [2.24, 2.45) is 17.0 Å². The zero-order chi connectivity index (χ0) is 24.9. The molecule has 15 heteroatoms. The molecule has 1 aromatic heterocycles. The first-order chi connectivity index (χ1) is 15.9. The first kappa shape index (κ1) is 24.7. The smallest absolute Gasteiger partial charge is 0.353 e. The third kappa shape index (κ3) is 4.33. The number of aliphatic hydroxyl groups is 1. The van der Waals surface area contributed by atoms with Gasteiger partial charge in [-0.25, -0.2) is 23.3 Å². The number of nitrogens with zero attached hydrogens (tertiary/aromatic N) is 2. The minimum atomic E-state index is -3.92. The van der Waals surface area contributed by atoms with Crippen LogP contribution in [0.3, 0.4) is 0 Å². The largest absolute Gasteiger partial charge is 0.477 e. The van der Waals surface area contributed by atoms with Crippen LogP contribution in [0.15, 0.2) is 21.8 Å². The monoisotopic (exact) mass is 514 g/mol. The van der Waals surface area contributed by atoms with Crippen molar-refractivity contribution in [2.45, 2.75) is 55.3 Å². The molecule has 0 bridgehead atoms. The fraction of sp³-hybridized carbons (Fsp3) is 0.579. The molecule has 2 saturated heterocycles. The van der Waals surface area contributed by atoms with Crippen LogP contribution >= 0.6 is 11.8 Å². The summed E-state index contributed by atoms with van der Waals surface area (Å²) in [6, 6.07) is -0.912. The highest BCUT2D eigenvalue weighted by Crippen LogP contribution is 2.51. The molecule has 2 amide bonds. The van der Waals surface area contributed by atoms with Gasteiger partial charge in [-0.05, 0) is 13.3 Å². The van der Waals surface area contributed by atoms with E-state index in [9.17, 15) is 33.0 Å². The van der Waals surface area contributed by atoms with Crippen molar-refractivity contribution in [1.82, 2.24) is 25.5 Å². The highest BCUT2D eigenvalue weighted by atomic mass is 32.2. The normalized spacial score (nSPS) is 29.7. The summed E-state index contributed by atoms with van der Waals surface area (Å²) in [7, 11) is -3.92. The maximum absolute atomic E-state index is 12.6. The van der Waals surface area contributed by atoms with Gasteiger partial charge in [-0.3, -0.25) is 9.59 Å². The number of carbonyl (C=O) groups is 3.